The van der Waals surface area contributed by atoms with Crippen LogP contribution in [0.1, 0.15) is 28.9 Å². The van der Waals surface area contributed by atoms with Crippen molar-refractivity contribution in [2.75, 3.05) is 7.11 Å². The largest absolute Gasteiger partial charge is 0.495 e. The summed E-state index contributed by atoms with van der Waals surface area (Å²) in [6.07, 6.45) is 0. The summed E-state index contributed by atoms with van der Waals surface area (Å²) in [4.78, 5) is 12.0. The summed E-state index contributed by atoms with van der Waals surface area (Å²) in [6, 6.07) is 9.26. The van der Waals surface area contributed by atoms with Gasteiger partial charge in [0.25, 0.3) is 5.91 Å². The van der Waals surface area contributed by atoms with Crippen molar-refractivity contribution in [3.63, 3.8) is 0 Å². The Hall–Kier alpha value is -2.45. The highest BCUT2D eigenvalue weighted by Crippen LogP contribution is 2.24. The van der Waals surface area contributed by atoms with E-state index in [1.54, 1.807) is 19.1 Å². The summed E-state index contributed by atoms with van der Waals surface area (Å²) in [5.41, 5.74) is 0.832. The molecule has 0 aliphatic carbocycles. The van der Waals surface area contributed by atoms with E-state index < -0.39 is 22.0 Å². The highest BCUT2D eigenvalue weighted by Gasteiger charge is 2.19. The Morgan fingerprint density at radius 2 is 1.83 bits per heavy atom. The molecule has 1 atom stereocenters. The van der Waals surface area contributed by atoms with Gasteiger partial charge in [-0.2, -0.15) is 0 Å². The van der Waals surface area contributed by atoms with Crippen LogP contribution in [0.5, 0.6) is 5.75 Å². The zero-order valence-electron chi connectivity index (χ0n) is 13.1. The molecular weight excluding hydrogens is 335 g/mol. The molecular formula is C16H17FN2O4S. The quantitative estimate of drug-likeness (QED) is 0.859. The number of sulfonamides is 1. The number of rotatable bonds is 5. The third kappa shape index (κ3) is 4.09. The number of carbonyl (C=O) groups is 1. The molecule has 128 valence electrons. The summed E-state index contributed by atoms with van der Waals surface area (Å²) in [7, 11) is -2.73. The van der Waals surface area contributed by atoms with Gasteiger partial charge < -0.3 is 10.1 Å². The van der Waals surface area contributed by atoms with Crippen LogP contribution in [-0.4, -0.2) is 21.4 Å². The first-order chi connectivity index (χ1) is 11.2. The Balaban J connectivity index is 2.25. The van der Waals surface area contributed by atoms with Crippen molar-refractivity contribution in [2.24, 2.45) is 5.14 Å². The Kier molecular flexibility index (Phi) is 5.20. The van der Waals surface area contributed by atoms with Gasteiger partial charge in [-0.25, -0.2) is 17.9 Å². The van der Waals surface area contributed by atoms with Crippen LogP contribution in [0, 0.1) is 5.82 Å². The van der Waals surface area contributed by atoms with E-state index in [-0.39, 0.29) is 22.0 Å². The lowest BCUT2D eigenvalue weighted by Crippen LogP contribution is -2.27. The second-order valence-corrected chi connectivity index (χ2v) is 6.69. The van der Waals surface area contributed by atoms with E-state index in [0.29, 0.717) is 5.56 Å². The number of benzene rings is 2. The Morgan fingerprint density at radius 3 is 2.38 bits per heavy atom. The van der Waals surface area contributed by atoms with E-state index in [2.05, 4.69) is 5.32 Å². The first-order valence-electron chi connectivity index (χ1n) is 6.99. The number of hydrogen-bond acceptors (Lipinski definition) is 4. The van der Waals surface area contributed by atoms with Gasteiger partial charge in [-0.05, 0) is 42.8 Å². The average Bonchev–Trinajstić information content (AvgIpc) is 2.53. The first-order valence-corrected chi connectivity index (χ1v) is 8.54. The molecule has 1 amide bonds. The summed E-state index contributed by atoms with van der Waals surface area (Å²) in [5.74, 6) is -0.801. The first kappa shape index (κ1) is 17.9. The number of methoxy groups -OCH3 is 1. The summed E-state index contributed by atoms with van der Waals surface area (Å²) < 4.78 is 41.1. The van der Waals surface area contributed by atoms with Crippen LogP contribution in [0.15, 0.2) is 47.4 Å². The zero-order chi connectivity index (χ0) is 17.9. The smallest absolute Gasteiger partial charge is 0.251 e. The number of hydrogen-bond donors (Lipinski definition) is 2. The van der Waals surface area contributed by atoms with Gasteiger partial charge >= 0.3 is 0 Å². The van der Waals surface area contributed by atoms with E-state index in [1.807, 2.05) is 0 Å². The maximum atomic E-state index is 12.9. The Morgan fingerprint density at radius 1 is 1.21 bits per heavy atom. The highest BCUT2D eigenvalue weighted by molar-refractivity contribution is 7.89. The van der Waals surface area contributed by atoms with E-state index >= 15 is 0 Å². The molecule has 1 unspecified atom stereocenters. The molecule has 0 fully saturated rings. The second-order valence-electron chi connectivity index (χ2n) is 5.16. The summed E-state index contributed by atoms with van der Waals surface area (Å²) >= 11 is 0. The van der Waals surface area contributed by atoms with Crippen molar-refractivity contribution in [1.29, 1.82) is 0 Å². The SMILES string of the molecule is COc1ccc(C(=O)NC(C)c2ccc(F)cc2)cc1S(N)(=O)=O. The van der Waals surface area contributed by atoms with E-state index in [0.717, 1.165) is 6.07 Å². The molecule has 2 aromatic carbocycles. The minimum Gasteiger partial charge on any atom is -0.495 e. The van der Waals surface area contributed by atoms with Crippen molar-refractivity contribution in [3.8, 4) is 5.75 Å². The predicted octanol–water partition coefficient (Wildman–Crippen LogP) is 1.97. The highest BCUT2D eigenvalue weighted by atomic mass is 32.2. The fourth-order valence-electron chi connectivity index (χ4n) is 2.16. The normalized spacial score (nSPS) is 12.5. The standard InChI is InChI=1S/C16H17FN2O4S/c1-10(11-3-6-13(17)7-4-11)19-16(20)12-5-8-14(23-2)15(9-12)24(18,21)22/h3-10H,1-2H3,(H,19,20)(H2,18,21,22). The van der Waals surface area contributed by atoms with Crippen LogP contribution in [0.3, 0.4) is 0 Å². The monoisotopic (exact) mass is 352 g/mol. The van der Waals surface area contributed by atoms with Crippen LogP contribution in [0.2, 0.25) is 0 Å². The number of primary sulfonamides is 1. The molecule has 0 radical (unpaired) electrons. The topological polar surface area (TPSA) is 98.5 Å². The molecule has 0 heterocycles. The van der Waals surface area contributed by atoms with Crippen LogP contribution in [0.4, 0.5) is 4.39 Å². The number of ether oxygens (including phenoxy) is 1. The molecule has 0 saturated carbocycles. The van der Waals surface area contributed by atoms with Gasteiger partial charge in [-0.3, -0.25) is 4.79 Å². The molecule has 8 heteroatoms. The minimum absolute atomic E-state index is 0.0561. The molecule has 0 aliphatic rings. The van der Waals surface area contributed by atoms with Crippen molar-refractivity contribution in [2.45, 2.75) is 17.9 Å². The molecule has 0 spiro atoms. The predicted molar refractivity (Wildman–Crippen MR) is 86.6 cm³/mol. The molecule has 3 N–H and O–H groups in total. The van der Waals surface area contributed by atoms with Gasteiger partial charge in [0, 0.05) is 5.56 Å². The van der Waals surface area contributed by atoms with Crippen LogP contribution in [-0.2, 0) is 10.0 Å². The number of halogens is 1. The van der Waals surface area contributed by atoms with E-state index in [9.17, 15) is 17.6 Å². The number of amides is 1. The van der Waals surface area contributed by atoms with Crippen molar-refractivity contribution in [3.05, 3.63) is 59.4 Å². The Bertz CT molecular complexity index is 851. The summed E-state index contributed by atoms with van der Waals surface area (Å²) in [6.45, 7) is 1.73. The third-order valence-electron chi connectivity index (χ3n) is 3.45. The molecule has 0 saturated heterocycles. The lowest BCUT2D eigenvalue weighted by Gasteiger charge is -2.15. The molecule has 0 aromatic heterocycles. The van der Waals surface area contributed by atoms with Crippen molar-refractivity contribution in [1.82, 2.24) is 5.32 Å². The fourth-order valence-corrected chi connectivity index (χ4v) is 2.88. The van der Waals surface area contributed by atoms with Gasteiger partial charge in [0.15, 0.2) is 0 Å². The number of nitrogens with one attached hydrogen (secondary N) is 1. The van der Waals surface area contributed by atoms with Gasteiger partial charge in [-0.1, -0.05) is 12.1 Å². The fraction of sp³-hybridized carbons (Fsp3) is 0.188. The van der Waals surface area contributed by atoms with Crippen molar-refractivity contribution >= 4 is 15.9 Å². The lowest BCUT2D eigenvalue weighted by atomic mass is 10.1. The summed E-state index contributed by atoms with van der Waals surface area (Å²) in [5, 5.41) is 7.84. The molecule has 2 rings (SSSR count). The number of carbonyl (C=O) groups excluding carboxylic acids is 1. The molecule has 2 aromatic rings. The molecule has 0 bridgehead atoms. The number of nitrogens with two attached hydrogens (primary N) is 1. The minimum atomic E-state index is -4.03. The van der Waals surface area contributed by atoms with Crippen LogP contribution < -0.4 is 15.2 Å². The van der Waals surface area contributed by atoms with Gasteiger partial charge in [0.05, 0.1) is 13.2 Å². The van der Waals surface area contributed by atoms with Crippen LogP contribution >= 0.6 is 0 Å². The molecule has 24 heavy (non-hydrogen) atoms. The maximum Gasteiger partial charge on any atom is 0.251 e. The van der Waals surface area contributed by atoms with E-state index in [1.165, 1.54) is 31.4 Å². The Labute approximate surface area is 139 Å². The average molecular weight is 352 g/mol. The zero-order valence-corrected chi connectivity index (χ0v) is 13.9. The maximum absolute atomic E-state index is 12.9. The van der Waals surface area contributed by atoms with Gasteiger partial charge in [0.1, 0.15) is 16.5 Å². The van der Waals surface area contributed by atoms with Gasteiger partial charge in [-0.15, -0.1) is 0 Å². The molecule has 6 nitrogen and oxygen atoms in total. The third-order valence-corrected chi connectivity index (χ3v) is 4.38. The van der Waals surface area contributed by atoms with Gasteiger partial charge in [0.2, 0.25) is 10.0 Å². The molecule has 0 aliphatic heterocycles. The second kappa shape index (κ2) is 6.98. The van der Waals surface area contributed by atoms with Crippen LogP contribution in [0.25, 0.3) is 0 Å². The lowest BCUT2D eigenvalue weighted by molar-refractivity contribution is 0.0939. The van der Waals surface area contributed by atoms with Crippen molar-refractivity contribution < 1.29 is 22.3 Å². The van der Waals surface area contributed by atoms with E-state index in [4.69, 9.17) is 9.88 Å².